The number of nitrogens with one attached hydrogen (secondary N) is 1. The molecule has 2 nitrogen and oxygen atoms in total. The molecule has 0 atom stereocenters. The molecule has 0 fully saturated rings. The van der Waals surface area contributed by atoms with Crippen LogP contribution in [0, 0.1) is 0 Å². The SMILES string of the molecule is FC(F)Oc1cccc(NCc2ccccc2)c1. The predicted molar refractivity (Wildman–Crippen MR) is 66.8 cm³/mol. The Bertz CT molecular complexity index is 488. The molecule has 2 aromatic rings. The summed E-state index contributed by atoms with van der Waals surface area (Å²) in [4.78, 5) is 0. The number of alkyl halides is 2. The van der Waals surface area contributed by atoms with Crippen LogP contribution in [0.5, 0.6) is 5.75 Å². The minimum atomic E-state index is -2.80. The molecule has 0 radical (unpaired) electrons. The summed E-state index contributed by atoms with van der Waals surface area (Å²) in [5, 5.41) is 3.15. The molecule has 0 unspecified atom stereocenters. The van der Waals surface area contributed by atoms with E-state index in [1.807, 2.05) is 30.3 Å². The quantitative estimate of drug-likeness (QED) is 0.867. The van der Waals surface area contributed by atoms with Crippen molar-refractivity contribution in [2.45, 2.75) is 13.2 Å². The van der Waals surface area contributed by atoms with E-state index in [9.17, 15) is 8.78 Å². The fraction of sp³-hybridized carbons (Fsp3) is 0.143. The first-order valence-electron chi connectivity index (χ1n) is 5.57. The van der Waals surface area contributed by atoms with E-state index in [1.54, 1.807) is 18.2 Å². The fourth-order valence-electron chi connectivity index (χ4n) is 1.58. The summed E-state index contributed by atoms with van der Waals surface area (Å²) >= 11 is 0. The van der Waals surface area contributed by atoms with Crippen LogP contribution in [0.1, 0.15) is 5.56 Å². The molecule has 94 valence electrons. The number of anilines is 1. The molecule has 0 spiro atoms. The van der Waals surface area contributed by atoms with Gasteiger partial charge in [-0.2, -0.15) is 8.78 Å². The van der Waals surface area contributed by atoms with Gasteiger partial charge in [-0.15, -0.1) is 0 Å². The zero-order valence-corrected chi connectivity index (χ0v) is 9.64. The van der Waals surface area contributed by atoms with Gasteiger partial charge in [-0.05, 0) is 17.7 Å². The number of rotatable bonds is 5. The number of ether oxygens (including phenoxy) is 1. The summed E-state index contributed by atoms with van der Waals surface area (Å²) in [7, 11) is 0. The molecule has 0 amide bonds. The Morgan fingerprint density at radius 1 is 1.00 bits per heavy atom. The highest BCUT2D eigenvalue weighted by Crippen LogP contribution is 2.19. The minimum absolute atomic E-state index is 0.156. The monoisotopic (exact) mass is 249 g/mol. The topological polar surface area (TPSA) is 21.3 Å². The smallest absolute Gasteiger partial charge is 0.387 e. The van der Waals surface area contributed by atoms with Crippen molar-refractivity contribution in [2.24, 2.45) is 0 Å². The van der Waals surface area contributed by atoms with Crippen molar-refractivity contribution in [2.75, 3.05) is 5.32 Å². The van der Waals surface area contributed by atoms with Crippen molar-refractivity contribution in [3.05, 3.63) is 60.2 Å². The van der Waals surface area contributed by atoms with Gasteiger partial charge in [-0.1, -0.05) is 36.4 Å². The highest BCUT2D eigenvalue weighted by atomic mass is 19.3. The van der Waals surface area contributed by atoms with Gasteiger partial charge in [-0.3, -0.25) is 0 Å². The maximum absolute atomic E-state index is 12.1. The van der Waals surface area contributed by atoms with E-state index in [2.05, 4.69) is 10.1 Å². The number of benzene rings is 2. The van der Waals surface area contributed by atoms with E-state index in [0.29, 0.717) is 6.54 Å². The lowest BCUT2D eigenvalue weighted by Crippen LogP contribution is -2.03. The molecule has 0 saturated carbocycles. The second-order valence-electron chi connectivity index (χ2n) is 3.75. The molecular formula is C14H13F2NO. The van der Waals surface area contributed by atoms with Crippen molar-refractivity contribution in [3.63, 3.8) is 0 Å². The summed E-state index contributed by atoms with van der Waals surface area (Å²) in [6, 6.07) is 16.4. The number of halogens is 2. The maximum Gasteiger partial charge on any atom is 0.387 e. The highest BCUT2D eigenvalue weighted by Gasteiger charge is 2.04. The van der Waals surface area contributed by atoms with Crippen molar-refractivity contribution in [1.29, 1.82) is 0 Å². The Labute approximate surface area is 104 Å². The summed E-state index contributed by atoms with van der Waals surface area (Å²) in [6.45, 7) is -2.16. The molecule has 0 aliphatic carbocycles. The van der Waals surface area contributed by atoms with Gasteiger partial charge >= 0.3 is 6.61 Å². The molecule has 2 aromatic carbocycles. The van der Waals surface area contributed by atoms with E-state index < -0.39 is 6.61 Å². The van der Waals surface area contributed by atoms with Crippen molar-refractivity contribution in [3.8, 4) is 5.75 Å². The van der Waals surface area contributed by atoms with E-state index in [1.165, 1.54) is 6.07 Å². The lowest BCUT2D eigenvalue weighted by molar-refractivity contribution is -0.0498. The Hall–Kier alpha value is -2.10. The van der Waals surface area contributed by atoms with Gasteiger partial charge in [0, 0.05) is 18.3 Å². The number of hydrogen-bond acceptors (Lipinski definition) is 2. The van der Waals surface area contributed by atoms with Crippen LogP contribution < -0.4 is 10.1 Å². The van der Waals surface area contributed by atoms with E-state index in [0.717, 1.165) is 11.3 Å². The van der Waals surface area contributed by atoms with Gasteiger partial charge in [0.1, 0.15) is 5.75 Å². The van der Waals surface area contributed by atoms with Crippen LogP contribution in [0.2, 0.25) is 0 Å². The molecule has 0 aliphatic rings. The largest absolute Gasteiger partial charge is 0.435 e. The summed E-state index contributed by atoms with van der Waals surface area (Å²) in [6.07, 6.45) is 0. The first-order valence-corrected chi connectivity index (χ1v) is 5.57. The molecule has 0 bridgehead atoms. The standard InChI is InChI=1S/C14H13F2NO/c15-14(16)18-13-8-4-7-12(9-13)17-10-11-5-2-1-3-6-11/h1-9,14,17H,10H2. The highest BCUT2D eigenvalue weighted by molar-refractivity contribution is 5.48. The van der Waals surface area contributed by atoms with Crippen LogP contribution in [0.4, 0.5) is 14.5 Å². The second kappa shape index (κ2) is 6.00. The Morgan fingerprint density at radius 3 is 2.50 bits per heavy atom. The molecule has 1 N–H and O–H groups in total. The van der Waals surface area contributed by atoms with Gasteiger partial charge in [-0.25, -0.2) is 0 Å². The first kappa shape index (κ1) is 12.4. The third kappa shape index (κ3) is 3.73. The molecule has 0 saturated heterocycles. The number of hydrogen-bond donors (Lipinski definition) is 1. The third-order valence-electron chi connectivity index (χ3n) is 2.40. The Morgan fingerprint density at radius 2 is 1.78 bits per heavy atom. The average molecular weight is 249 g/mol. The summed E-state index contributed by atoms with van der Waals surface area (Å²) < 4.78 is 28.5. The lowest BCUT2D eigenvalue weighted by Gasteiger charge is -2.09. The van der Waals surface area contributed by atoms with E-state index in [-0.39, 0.29) is 5.75 Å². The van der Waals surface area contributed by atoms with Crippen molar-refractivity contribution >= 4 is 5.69 Å². The normalized spacial score (nSPS) is 10.4. The van der Waals surface area contributed by atoms with Gasteiger partial charge in [0.2, 0.25) is 0 Å². The molecular weight excluding hydrogens is 236 g/mol. The molecule has 2 rings (SSSR count). The Kier molecular flexibility index (Phi) is 4.12. The van der Waals surface area contributed by atoms with E-state index in [4.69, 9.17) is 0 Å². The molecule has 0 aliphatic heterocycles. The van der Waals surface area contributed by atoms with Crippen molar-refractivity contribution < 1.29 is 13.5 Å². The second-order valence-corrected chi connectivity index (χ2v) is 3.75. The minimum Gasteiger partial charge on any atom is -0.435 e. The van der Waals surface area contributed by atoms with Crippen LogP contribution in [0.15, 0.2) is 54.6 Å². The fourth-order valence-corrected chi connectivity index (χ4v) is 1.58. The summed E-state index contributed by atoms with van der Waals surface area (Å²) in [5.41, 5.74) is 1.87. The lowest BCUT2D eigenvalue weighted by atomic mass is 10.2. The van der Waals surface area contributed by atoms with Crippen LogP contribution in [0.3, 0.4) is 0 Å². The first-order chi connectivity index (χ1) is 8.74. The zero-order chi connectivity index (χ0) is 12.8. The van der Waals surface area contributed by atoms with Gasteiger partial charge < -0.3 is 10.1 Å². The molecule has 0 heterocycles. The van der Waals surface area contributed by atoms with Crippen molar-refractivity contribution in [1.82, 2.24) is 0 Å². The Balaban J connectivity index is 1.97. The average Bonchev–Trinajstić information content (AvgIpc) is 2.37. The predicted octanol–water partition coefficient (Wildman–Crippen LogP) is 3.90. The molecule has 0 aromatic heterocycles. The third-order valence-corrected chi connectivity index (χ3v) is 2.40. The summed E-state index contributed by atoms with van der Waals surface area (Å²) in [5.74, 6) is 0.156. The van der Waals surface area contributed by atoms with E-state index >= 15 is 0 Å². The molecule has 4 heteroatoms. The molecule has 18 heavy (non-hydrogen) atoms. The zero-order valence-electron chi connectivity index (χ0n) is 9.64. The van der Waals surface area contributed by atoms with Gasteiger partial charge in [0.05, 0.1) is 0 Å². The van der Waals surface area contributed by atoms with Crippen LogP contribution >= 0.6 is 0 Å². The van der Waals surface area contributed by atoms with Crippen LogP contribution in [0.25, 0.3) is 0 Å². The maximum atomic E-state index is 12.1. The van der Waals surface area contributed by atoms with Gasteiger partial charge in [0.25, 0.3) is 0 Å². The van der Waals surface area contributed by atoms with Gasteiger partial charge in [0.15, 0.2) is 0 Å². The van der Waals surface area contributed by atoms with Crippen LogP contribution in [-0.4, -0.2) is 6.61 Å². The van der Waals surface area contributed by atoms with Crippen LogP contribution in [-0.2, 0) is 6.54 Å².